The van der Waals surface area contributed by atoms with Gasteiger partial charge in [-0.15, -0.1) is 0 Å². The van der Waals surface area contributed by atoms with Gasteiger partial charge in [-0.05, 0) is 35.4 Å². The van der Waals surface area contributed by atoms with Crippen molar-refractivity contribution >= 4 is 44.9 Å². The van der Waals surface area contributed by atoms with E-state index in [1.165, 1.54) is 18.2 Å². The SMILES string of the molecule is O=C(O)c1ccc(-c2ccccc2)cc1NS(=O)(=O)c1cc(Cl)cc(Cl)c1O. The van der Waals surface area contributed by atoms with Gasteiger partial charge in [-0.3, -0.25) is 4.72 Å². The zero-order valence-electron chi connectivity index (χ0n) is 14.1. The molecule has 0 aliphatic carbocycles. The van der Waals surface area contributed by atoms with Crippen LogP contribution in [0.1, 0.15) is 10.4 Å². The van der Waals surface area contributed by atoms with Crippen molar-refractivity contribution in [3.05, 3.63) is 76.3 Å². The van der Waals surface area contributed by atoms with Crippen molar-refractivity contribution in [1.82, 2.24) is 0 Å². The minimum absolute atomic E-state index is 0.000306. The van der Waals surface area contributed by atoms with Crippen LogP contribution in [0.3, 0.4) is 0 Å². The van der Waals surface area contributed by atoms with E-state index in [2.05, 4.69) is 4.72 Å². The molecule has 0 heterocycles. The van der Waals surface area contributed by atoms with Gasteiger partial charge in [0.2, 0.25) is 0 Å². The molecule has 3 N–H and O–H groups in total. The Hall–Kier alpha value is -2.74. The molecule has 0 saturated carbocycles. The number of carboxylic acid groups (broad SMARTS) is 1. The van der Waals surface area contributed by atoms with Crippen LogP contribution >= 0.6 is 23.2 Å². The number of carboxylic acids is 1. The second-order valence-corrected chi connectivity index (χ2v) is 8.27. The van der Waals surface area contributed by atoms with E-state index < -0.39 is 26.6 Å². The summed E-state index contributed by atoms with van der Waals surface area (Å²) in [6.45, 7) is 0. The molecule has 28 heavy (non-hydrogen) atoms. The summed E-state index contributed by atoms with van der Waals surface area (Å²) >= 11 is 11.6. The number of hydrogen-bond donors (Lipinski definition) is 3. The number of nitrogens with one attached hydrogen (secondary N) is 1. The average molecular weight is 438 g/mol. The molecule has 3 aromatic rings. The van der Waals surface area contributed by atoms with Gasteiger partial charge in [-0.2, -0.15) is 0 Å². The predicted molar refractivity (Wildman–Crippen MR) is 108 cm³/mol. The summed E-state index contributed by atoms with van der Waals surface area (Å²) in [4.78, 5) is 11.0. The highest BCUT2D eigenvalue weighted by Gasteiger charge is 2.24. The van der Waals surface area contributed by atoms with Gasteiger partial charge in [0.25, 0.3) is 10.0 Å². The highest BCUT2D eigenvalue weighted by Crippen LogP contribution is 2.36. The molecule has 3 rings (SSSR count). The number of carbonyl (C=O) groups is 1. The first-order valence-electron chi connectivity index (χ1n) is 7.82. The average Bonchev–Trinajstić information content (AvgIpc) is 2.64. The zero-order chi connectivity index (χ0) is 20.5. The Morgan fingerprint density at radius 2 is 1.61 bits per heavy atom. The lowest BCUT2D eigenvalue weighted by Gasteiger charge is -2.14. The Morgan fingerprint density at radius 3 is 2.25 bits per heavy atom. The van der Waals surface area contributed by atoms with E-state index in [0.29, 0.717) is 5.56 Å². The van der Waals surface area contributed by atoms with Crippen molar-refractivity contribution in [3.63, 3.8) is 0 Å². The van der Waals surface area contributed by atoms with Gasteiger partial charge in [-0.1, -0.05) is 59.6 Å². The fourth-order valence-corrected chi connectivity index (χ4v) is 4.40. The van der Waals surface area contributed by atoms with Gasteiger partial charge in [0.15, 0.2) is 5.75 Å². The second kappa shape index (κ2) is 7.71. The lowest BCUT2D eigenvalue weighted by Crippen LogP contribution is -2.16. The van der Waals surface area contributed by atoms with Gasteiger partial charge in [0, 0.05) is 5.02 Å². The summed E-state index contributed by atoms with van der Waals surface area (Å²) in [5.74, 6) is -2.00. The van der Waals surface area contributed by atoms with E-state index in [9.17, 15) is 23.4 Å². The number of aromatic carboxylic acids is 1. The van der Waals surface area contributed by atoms with Crippen molar-refractivity contribution in [2.24, 2.45) is 0 Å². The van der Waals surface area contributed by atoms with Crippen LogP contribution in [0.15, 0.2) is 65.6 Å². The molecular formula is C19H13Cl2NO5S. The van der Waals surface area contributed by atoms with E-state index in [0.717, 1.165) is 11.6 Å². The number of benzene rings is 3. The fraction of sp³-hybridized carbons (Fsp3) is 0. The van der Waals surface area contributed by atoms with Gasteiger partial charge >= 0.3 is 5.97 Å². The van der Waals surface area contributed by atoms with E-state index in [1.54, 1.807) is 30.3 Å². The van der Waals surface area contributed by atoms with Gasteiger partial charge in [0.1, 0.15) is 4.90 Å². The largest absolute Gasteiger partial charge is 0.505 e. The van der Waals surface area contributed by atoms with Crippen molar-refractivity contribution in [2.45, 2.75) is 4.90 Å². The number of anilines is 1. The van der Waals surface area contributed by atoms with E-state index in [-0.39, 0.29) is 21.3 Å². The molecule has 0 atom stereocenters. The van der Waals surface area contributed by atoms with Crippen molar-refractivity contribution in [2.75, 3.05) is 4.72 Å². The summed E-state index contributed by atoms with van der Waals surface area (Å²) in [6.07, 6.45) is 0. The highest BCUT2D eigenvalue weighted by molar-refractivity contribution is 7.92. The number of sulfonamides is 1. The zero-order valence-corrected chi connectivity index (χ0v) is 16.4. The van der Waals surface area contributed by atoms with Gasteiger partial charge in [-0.25, -0.2) is 13.2 Å². The first kappa shape index (κ1) is 20.0. The van der Waals surface area contributed by atoms with Crippen LogP contribution in [0.4, 0.5) is 5.69 Å². The van der Waals surface area contributed by atoms with E-state index >= 15 is 0 Å². The lowest BCUT2D eigenvalue weighted by molar-refractivity contribution is 0.0698. The van der Waals surface area contributed by atoms with Crippen molar-refractivity contribution < 1.29 is 23.4 Å². The molecule has 6 nitrogen and oxygen atoms in total. The lowest BCUT2D eigenvalue weighted by atomic mass is 10.0. The summed E-state index contributed by atoms with van der Waals surface area (Å²) in [5.41, 5.74) is 0.963. The van der Waals surface area contributed by atoms with Crippen LogP contribution < -0.4 is 4.72 Å². The maximum absolute atomic E-state index is 12.8. The molecule has 0 amide bonds. The molecule has 0 radical (unpaired) electrons. The minimum atomic E-state index is -4.38. The van der Waals surface area contributed by atoms with Crippen LogP contribution in [0.2, 0.25) is 10.0 Å². The van der Waals surface area contributed by atoms with E-state index in [1.807, 2.05) is 6.07 Å². The summed E-state index contributed by atoms with van der Waals surface area (Å²) < 4.78 is 27.7. The molecule has 3 aromatic carbocycles. The monoisotopic (exact) mass is 437 g/mol. The van der Waals surface area contributed by atoms with Crippen molar-refractivity contribution in [3.8, 4) is 16.9 Å². The molecule has 0 saturated heterocycles. The molecule has 9 heteroatoms. The number of phenolic OH excluding ortho intramolecular Hbond substituents is 1. The summed E-state index contributed by atoms with van der Waals surface area (Å²) in [7, 11) is -4.38. The Morgan fingerprint density at radius 1 is 0.929 bits per heavy atom. The van der Waals surface area contributed by atoms with Gasteiger partial charge < -0.3 is 10.2 Å². The maximum atomic E-state index is 12.8. The Bertz CT molecular complexity index is 1160. The molecular weight excluding hydrogens is 425 g/mol. The standard InChI is InChI=1S/C19H13Cl2NO5S/c20-13-9-15(21)18(23)17(10-13)28(26,27)22-16-8-12(6-7-14(16)19(24)25)11-4-2-1-3-5-11/h1-10,22-23H,(H,24,25). The third-order valence-corrected chi connectivity index (χ3v) is 5.77. The summed E-state index contributed by atoms with van der Waals surface area (Å²) in [5, 5.41) is 19.2. The van der Waals surface area contributed by atoms with Gasteiger partial charge in [0.05, 0.1) is 16.3 Å². The molecule has 0 spiro atoms. The number of rotatable bonds is 5. The van der Waals surface area contributed by atoms with Crippen LogP contribution in [-0.2, 0) is 10.0 Å². The highest BCUT2D eigenvalue weighted by atomic mass is 35.5. The minimum Gasteiger partial charge on any atom is -0.505 e. The number of aromatic hydroxyl groups is 1. The molecule has 0 aromatic heterocycles. The van der Waals surface area contributed by atoms with Crippen LogP contribution in [0, 0.1) is 0 Å². The quantitative estimate of drug-likeness (QED) is 0.528. The Kier molecular flexibility index (Phi) is 5.51. The maximum Gasteiger partial charge on any atom is 0.337 e. The van der Waals surface area contributed by atoms with Crippen LogP contribution in [-0.4, -0.2) is 24.6 Å². The molecule has 0 fully saturated rings. The molecule has 0 aliphatic rings. The third kappa shape index (κ3) is 4.06. The van der Waals surface area contributed by atoms with Crippen LogP contribution in [0.5, 0.6) is 5.75 Å². The molecule has 0 aliphatic heterocycles. The normalized spacial score (nSPS) is 11.2. The first-order chi connectivity index (χ1) is 13.2. The first-order valence-corrected chi connectivity index (χ1v) is 10.1. The molecule has 144 valence electrons. The number of phenols is 1. The summed E-state index contributed by atoms with van der Waals surface area (Å²) in [6, 6.07) is 15.5. The smallest absolute Gasteiger partial charge is 0.337 e. The van der Waals surface area contributed by atoms with E-state index in [4.69, 9.17) is 23.2 Å². The van der Waals surface area contributed by atoms with Crippen LogP contribution in [0.25, 0.3) is 11.1 Å². The Labute approximate surface area is 171 Å². The Balaban J connectivity index is 2.11. The number of hydrogen-bond acceptors (Lipinski definition) is 4. The number of halogens is 2. The predicted octanol–water partition coefficient (Wildman–Crippen LogP) is 4.87. The molecule has 0 bridgehead atoms. The third-order valence-electron chi connectivity index (χ3n) is 3.88. The second-order valence-electron chi connectivity index (χ2n) is 5.77. The molecule has 0 unspecified atom stereocenters. The topological polar surface area (TPSA) is 104 Å². The van der Waals surface area contributed by atoms with Crippen molar-refractivity contribution in [1.29, 1.82) is 0 Å². The fourth-order valence-electron chi connectivity index (χ4n) is 2.57.